The Morgan fingerprint density at radius 2 is 2.11 bits per heavy atom. The topological polar surface area (TPSA) is 54.6 Å². The minimum Gasteiger partial charge on any atom is -0.478 e. The molecule has 0 amide bonds. The zero-order chi connectivity index (χ0) is 13.4. The second kappa shape index (κ2) is 4.24. The highest BCUT2D eigenvalue weighted by Crippen LogP contribution is 2.21. The van der Waals surface area contributed by atoms with Crippen LogP contribution in [0.4, 0.5) is 0 Å². The maximum absolute atomic E-state index is 11.0. The molecule has 0 radical (unpaired) electrons. The van der Waals surface area contributed by atoms with Crippen LogP contribution in [-0.4, -0.2) is 20.5 Å². The van der Waals surface area contributed by atoms with Crippen LogP contribution in [0.15, 0.2) is 48.8 Å². The number of carboxylic acids is 1. The average molecular weight is 252 g/mol. The summed E-state index contributed by atoms with van der Waals surface area (Å²) in [6, 6.07) is 11.3. The normalized spacial score (nSPS) is 10.8. The molecule has 4 nitrogen and oxygen atoms in total. The molecule has 4 heteroatoms. The number of fused-ring (bicyclic) bond motifs is 1. The van der Waals surface area contributed by atoms with E-state index >= 15 is 0 Å². The minimum absolute atomic E-state index is 0.249. The van der Waals surface area contributed by atoms with Gasteiger partial charge in [0.1, 0.15) is 5.82 Å². The number of aromatic carboxylic acids is 1. The molecular formula is C15H12N2O2. The number of imidazole rings is 1. The van der Waals surface area contributed by atoms with Crippen LogP contribution in [-0.2, 0) is 0 Å². The highest BCUT2D eigenvalue weighted by Gasteiger charge is 2.09. The van der Waals surface area contributed by atoms with Crippen molar-refractivity contribution >= 4 is 11.5 Å². The summed E-state index contributed by atoms with van der Waals surface area (Å²) in [5.41, 5.74) is 3.24. The number of carboxylic acid groups (broad SMARTS) is 1. The number of nitrogens with zero attached hydrogens (tertiary/aromatic N) is 2. The van der Waals surface area contributed by atoms with Gasteiger partial charge in [0.15, 0.2) is 0 Å². The Morgan fingerprint density at radius 3 is 2.84 bits per heavy atom. The third kappa shape index (κ3) is 1.97. The summed E-state index contributed by atoms with van der Waals surface area (Å²) in [4.78, 5) is 15.4. The number of rotatable bonds is 2. The molecule has 3 aromatic rings. The first-order valence-electron chi connectivity index (χ1n) is 5.92. The molecule has 94 valence electrons. The van der Waals surface area contributed by atoms with E-state index in [1.54, 1.807) is 28.9 Å². The van der Waals surface area contributed by atoms with E-state index in [0.717, 1.165) is 22.5 Å². The fourth-order valence-corrected chi connectivity index (χ4v) is 2.11. The number of pyridine rings is 1. The molecular weight excluding hydrogens is 240 g/mol. The largest absolute Gasteiger partial charge is 0.478 e. The predicted octanol–water partition coefficient (Wildman–Crippen LogP) is 3.01. The molecule has 0 atom stereocenters. The SMILES string of the molecule is Cc1cccc(-c2ncc3ccc(C(=O)O)cn23)c1. The van der Waals surface area contributed by atoms with Crippen molar-refractivity contribution in [1.29, 1.82) is 0 Å². The molecule has 0 fully saturated rings. The third-order valence-electron chi connectivity index (χ3n) is 3.05. The highest BCUT2D eigenvalue weighted by molar-refractivity contribution is 5.88. The van der Waals surface area contributed by atoms with Crippen LogP contribution < -0.4 is 0 Å². The number of hydrogen-bond acceptors (Lipinski definition) is 2. The molecule has 0 aliphatic carbocycles. The summed E-state index contributed by atoms with van der Waals surface area (Å²) in [7, 11) is 0. The molecule has 3 rings (SSSR count). The number of aryl methyl sites for hydroxylation is 1. The summed E-state index contributed by atoms with van der Waals surface area (Å²) in [5.74, 6) is -0.187. The molecule has 0 saturated heterocycles. The van der Waals surface area contributed by atoms with E-state index in [0.29, 0.717) is 0 Å². The summed E-state index contributed by atoms with van der Waals surface area (Å²) in [6.07, 6.45) is 3.34. The van der Waals surface area contributed by atoms with Crippen molar-refractivity contribution in [3.05, 3.63) is 59.9 Å². The van der Waals surface area contributed by atoms with Crippen molar-refractivity contribution in [3.63, 3.8) is 0 Å². The zero-order valence-electron chi connectivity index (χ0n) is 10.4. The van der Waals surface area contributed by atoms with Gasteiger partial charge in [-0.1, -0.05) is 23.8 Å². The standard InChI is InChI=1S/C15H12N2O2/c1-10-3-2-4-11(7-10)14-16-8-13-6-5-12(15(18)19)9-17(13)14/h2-9H,1H3,(H,18,19). The van der Waals surface area contributed by atoms with E-state index < -0.39 is 5.97 Å². The number of carbonyl (C=O) groups is 1. The van der Waals surface area contributed by atoms with Crippen molar-refractivity contribution in [1.82, 2.24) is 9.38 Å². The smallest absolute Gasteiger partial charge is 0.337 e. The van der Waals surface area contributed by atoms with Crippen molar-refractivity contribution in [2.45, 2.75) is 6.92 Å². The molecule has 0 bridgehead atoms. The maximum atomic E-state index is 11.0. The number of hydrogen-bond donors (Lipinski definition) is 1. The van der Waals surface area contributed by atoms with Gasteiger partial charge in [0, 0.05) is 11.8 Å². The van der Waals surface area contributed by atoms with Gasteiger partial charge >= 0.3 is 5.97 Å². The lowest BCUT2D eigenvalue weighted by Gasteiger charge is -2.03. The van der Waals surface area contributed by atoms with E-state index in [1.807, 2.05) is 31.2 Å². The lowest BCUT2D eigenvalue weighted by atomic mass is 10.1. The van der Waals surface area contributed by atoms with E-state index in [1.165, 1.54) is 0 Å². The van der Waals surface area contributed by atoms with Crippen molar-refractivity contribution < 1.29 is 9.90 Å². The summed E-state index contributed by atoms with van der Waals surface area (Å²) >= 11 is 0. The van der Waals surface area contributed by atoms with Gasteiger partial charge < -0.3 is 5.11 Å². The van der Waals surface area contributed by atoms with E-state index in [9.17, 15) is 4.79 Å². The molecule has 2 heterocycles. The summed E-state index contributed by atoms with van der Waals surface area (Å²) in [6.45, 7) is 2.02. The minimum atomic E-state index is -0.939. The fourth-order valence-electron chi connectivity index (χ4n) is 2.11. The monoisotopic (exact) mass is 252 g/mol. The van der Waals surface area contributed by atoms with Gasteiger partial charge in [-0.25, -0.2) is 9.78 Å². The molecule has 19 heavy (non-hydrogen) atoms. The van der Waals surface area contributed by atoms with Crippen LogP contribution in [0.3, 0.4) is 0 Å². The molecule has 0 spiro atoms. The van der Waals surface area contributed by atoms with Crippen LogP contribution >= 0.6 is 0 Å². The van der Waals surface area contributed by atoms with E-state index in [4.69, 9.17) is 5.11 Å². The van der Waals surface area contributed by atoms with Crippen LogP contribution in [0.1, 0.15) is 15.9 Å². The molecule has 1 N–H and O–H groups in total. The van der Waals surface area contributed by atoms with Gasteiger partial charge in [0.25, 0.3) is 0 Å². The van der Waals surface area contributed by atoms with Crippen LogP contribution in [0.2, 0.25) is 0 Å². The molecule has 0 saturated carbocycles. The van der Waals surface area contributed by atoms with Gasteiger partial charge in [-0.2, -0.15) is 0 Å². The molecule has 0 unspecified atom stereocenters. The fraction of sp³-hybridized carbons (Fsp3) is 0.0667. The van der Waals surface area contributed by atoms with Gasteiger partial charge in [0.05, 0.1) is 17.3 Å². The van der Waals surface area contributed by atoms with E-state index in [2.05, 4.69) is 4.98 Å². The Kier molecular flexibility index (Phi) is 2.56. The van der Waals surface area contributed by atoms with Crippen molar-refractivity contribution in [2.24, 2.45) is 0 Å². The van der Waals surface area contributed by atoms with Gasteiger partial charge in [-0.3, -0.25) is 4.40 Å². The maximum Gasteiger partial charge on any atom is 0.337 e. The Labute approximate surface area is 110 Å². The first kappa shape index (κ1) is 11.5. The Hall–Kier alpha value is -2.62. The molecule has 1 aromatic carbocycles. The predicted molar refractivity (Wildman–Crippen MR) is 72.3 cm³/mol. The lowest BCUT2D eigenvalue weighted by molar-refractivity contribution is 0.0696. The summed E-state index contributed by atoms with van der Waals surface area (Å²) < 4.78 is 1.80. The van der Waals surface area contributed by atoms with Crippen LogP contribution in [0, 0.1) is 6.92 Å². The average Bonchev–Trinajstić information content (AvgIpc) is 2.81. The van der Waals surface area contributed by atoms with E-state index in [-0.39, 0.29) is 5.56 Å². The summed E-state index contributed by atoms with van der Waals surface area (Å²) in [5, 5.41) is 9.05. The second-order valence-corrected chi connectivity index (χ2v) is 4.47. The van der Waals surface area contributed by atoms with Gasteiger partial charge in [-0.15, -0.1) is 0 Å². The molecule has 0 aliphatic rings. The first-order chi connectivity index (χ1) is 9.15. The zero-order valence-corrected chi connectivity index (χ0v) is 10.4. The number of benzene rings is 1. The van der Waals surface area contributed by atoms with Crippen molar-refractivity contribution in [2.75, 3.05) is 0 Å². The quantitative estimate of drug-likeness (QED) is 0.762. The first-order valence-corrected chi connectivity index (χ1v) is 5.92. The van der Waals surface area contributed by atoms with Crippen LogP contribution in [0.25, 0.3) is 16.9 Å². The molecule has 0 aliphatic heterocycles. The Bertz CT molecular complexity index is 775. The van der Waals surface area contributed by atoms with Crippen molar-refractivity contribution in [3.8, 4) is 11.4 Å². The highest BCUT2D eigenvalue weighted by atomic mass is 16.4. The molecule has 2 aromatic heterocycles. The van der Waals surface area contributed by atoms with Gasteiger partial charge in [-0.05, 0) is 25.1 Å². The van der Waals surface area contributed by atoms with Gasteiger partial charge in [0.2, 0.25) is 0 Å². The lowest BCUT2D eigenvalue weighted by Crippen LogP contribution is -1.99. The Morgan fingerprint density at radius 1 is 1.26 bits per heavy atom. The van der Waals surface area contributed by atoms with Crippen LogP contribution in [0.5, 0.6) is 0 Å². The number of aromatic nitrogens is 2. The third-order valence-corrected chi connectivity index (χ3v) is 3.05. The Balaban J connectivity index is 2.24. The second-order valence-electron chi connectivity index (χ2n) is 4.47.